The lowest BCUT2D eigenvalue weighted by molar-refractivity contribution is 0.0368. The SMILES string of the molecule is C[C@@]12CC[C@@](O)(CC13CC3)C2. The zero-order chi connectivity index (χ0) is 7.74. The first-order valence-electron chi connectivity index (χ1n) is 4.80. The fraction of sp³-hybridized carbons (Fsp3) is 1.00. The maximum atomic E-state index is 10.1. The van der Waals surface area contributed by atoms with Crippen LogP contribution in [0.15, 0.2) is 0 Å². The molecule has 2 atom stereocenters. The van der Waals surface area contributed by atoms with Gasteiger partial charge in [-0.15, -0.1) is 0 Å². The van der Waals surface area contributed by atoms with Crippen molar-refractivity contribution in [3.63, 3.8) is 0 Å². The van der Waals surface area contributed by atoms with Gasteiger partial charge in [0.1, 0.15) is 0 Å². The quantitative estimate of drug-likeness (QED) is 0.563. The third-order valence-electron chi connectivity index (χ3n) is 4.66. The molecule has 1 heteroatoms. The van der Waals surface area contributed by atoms with E-state index in [0.717, 1.165) is 19.3 Å². The summed E-state index contributed by atoms with van der Waals surface area (Å²) in [5.41, 5.74) is 0.910. The summed E-state index contributed by atoms with van der Waals surface area (Å²) >= 11 is 0. The molecule has 0 aromatic heterocycles. The van der Waals surface area contributed by atoms with Crippen molar-refractivity contribution in [1.29, 1.82) is 0 Å². The lowest BCUT2D eigenvalue weighted by Gasteiger charge is -2.32. The molecular weight excluding hydrogens is 136 g/mol. The molecule has 3 saturated carbocycles. The highest BCUT2D eigenvalue weighted by Gasteiger charge is 2.69. The number of aliphatic hydroxyl groups is 1. The minimum Gasteiger partial charge on any atom is -0.390 e. The minimum absolute atomic E-state index is 0.231. The summed E-state index contributed by atoms with van der Waals surface area (Å²) < 4.78 is 0. The maximum Gasteiger partial charge on any atom is 0.0659 e. The molecule has 11 heavy (non-hydrogen) atoms. The van der Waals surface area contributed by atoms with E-state index in [2.05, 4.69) is 6.92 Å². The van der Waals surface area contributed by atoms with E-state index in [0.29, 0.717) is 10.8 Å². The van der Waals surface area contributed by atoms with E-state index in [1.165, 1.54) is 19.3 Å². The summed E-state index contributed by atoms with van der Waals surface area (Å²) in [7, 11) is 0. The van der Waals surface area contributed by atoms with E-state index in [9.17, 15) is 5.11 Å². The highest BCUT2D eigenvalue weighted by atomic mass is 16.3. The summed E-state index contributed by atoms with van der Waals surface area (Å²) in [6.07, 6.45) is 7.36. The number of hydrogen-bond donors (Lipinski definition) is 1. The standard InChI is InChI=1S/C10H16O/c1-8-2-5-10(11,6-8)7-9(8)3-4-9/h11H,2-7H2,1H3/t8-,10-/m0/s1. The smallest absolute Gasteiger partial charge is 0.0659 e. The molecule has 1 spiro atoms. The predicted molar refractivity (Wildman–Crippen MR) is 43.2 cm³/mol. The largest absolute Gasteiger partial charge is 0.390 e. The van der Waals surface area contributed by atoms with Gasteiger partial charge in [0.25, 0.3) is 0 Å². The molecule has 1 nitrogen and oxygen atoms in total. The fourth-order valence-corrected chi connectivity index (χ4v) is 3.79. The second-order valence-electron chi connectivity index (χ2n) is 5.42. The lowest BCUT2D eigenvalue weighted by atomic mass is 9.73. The second-order valence-corrected chi connectivity index (χ2v) is 5.42. The van der Waals surface area contributed by atoms with Gasteiger partial charge in [-0.05, 0) is 49.4 Å². The van der Waals surface area contributed by atoms with Crippen LogP contribution >= 0.6 is 0 Å². The number of rotatable bonds is 0. The van der Waals surface area contributed by atoms with Crippen LogP contribution in [0.5, 0.6) is 0 Å². The van der Waals surface area contributed by atoms with Crippen LogP contribution in [0.3, 0.4) is 0 Å². The van der Waals surface area contributed by atoms with Gasteiger partial charge in [0, 0.05) is 0 Å². The first-order valence-corrected chi connectivity index (χ1v) is 4.80. The third-order valence-corrected chi connectivity index (χ3v) is 4.66. The van der Waals surface area contributed by atoms with Crippen molar-refractivity contribution >= 4 is 0 Å². The van der Waals surface area contributed by atoms with Gasteiger partial charge in [-0.2, -0.15) is 0 Å². The summed E-state index contributed by atoms with van der Waals surface area (Å²) in [5.74, 6) is 0. The van der Waals surface area contributed by atoms with Crippen LogP contribution in [0.4, 0.5) is 0 Å². The van der Waals surface area contributed by atoms with Crippen LogP contribution in [0.1, 0.15) is 45.4 Å². The van der Waals surface area contributed by atoms with Crippen molar-refractivity contribution in [3.8, 4) is 0 Å². The Kier molecular flexibility index (Phi) is 0.820. The Morgan fingerprint density at radius 1 is 1.00 bits per heavy atom. The van der Waals surface area contributed by atoms with Crippen LogP contribution in [0.2, 0.25) is 0 Å². The summed E-state index contributed by atoms with van der Waals surface area (Å²) in [5, 5.41) is 10.1. The zero-order valence-electron chi connectivity index (χ0n) is 7.19. The normalized spacial score (nSPS) is 57.3. The Hall–Kier alpha value is -0.0400. The lowest BCUT2D eigenvalue weighted by Crippen LogP contribution is -2.27. The van der Waals surface area contributed by atoms with Crippen molar-refractivity contribution in [3.05, 3.63) is 0 Å². The molecule has 1 N–H and O–H groups in total. The van der Waals surface area contributed by atoms with Gasteiger partial charge in [0.15, 0.2) is 0 Å². The van der Waals surface area contributed by atoms with E-state index >= 15 is 0 Å². The Balaban J connectivity index is 2.05. The molecular formula is C10H16O. The van der Waals surface area contributed by atoms with Crippen molar-refractivity contribution in [2.75, 3.05) is 0 Å². The molecule has 3 aliphatic carbocycles. The van der Waals surface area contributed by atoms with Crippen molar-refractivity contribution in [2.24, 2.45) is 10.8 Å². The molecule has 0 amide bonds. The van der Waals surface area contributed by atoms with Gasteiger partial charge in [-0.1, -0.05) is 6.92 Å². The van der Waals surface area contributed by atoms with E-state index in [1.807, 2.05) is 0 Å². The number of fused-ring (bicyclic) bond motifs is 3. The van der Waals surface area contributed by atoms with Crippen LogP contribution in [0.25, 0.3) is 0 Å². The van der Waals surface area contributed by atoms with Crippen molar-refractivity contribution in [1.82, 2.24) is 0 Å². The van der Waals surface area contributed by atoms with Gasteiger partial charge < -0.3 is 5.11 Å². The molecule has 0 radical (unpaired) electrons. The van der Waals surface area contributed by atoms with Gasteiger partial charge in [0.05, 0.1) is 5.60 Å². The molecule has 3 fully saturated rings. The van der Waals surface area contributed by atoms with Gasteiger partial charge in [0.2, 0.25) is 0 Å². The molecule has 3 rings (SSSR count). The summed E-state index contributed by atoms with van der Waals surface area (Å²) in [6, 6.07) is 0. The Labute approximate surface area is 67.8 Å². The third kappa shape index (κ3) is 0.581. The Morgan fingerprint density at radius 2 is 1.73 bits per heavy atom. The van der Waals surface area contributed by atoms with E-state index in [1.54, 1.807) is 0 Å². The fourth-order valence-electron chi connectivity index (χ4n) is 3.79. The monoisotopic (exact) mass is 152 g/mol. The van der Waals surface area contributed by atoms with Gasteiger partial charge in [-0.3, -0.25) is 0 Å². The van der Waals surface area contributed by atoms with Crippen LogP contribution < -0.4 is 0 Å². The minimum atomic E-state index is -0.231. The summed E-state index contributed by atoms with van der Waals surface area (Å²) in [4.78, 5) is 0. The van der Waals surface area contributed by atoms with Crippen LogP contribution in [-0.4, -0.2) is 10.7 Å². The van der Waals surface area contributed by atoms with E-state index in [4.69, 9.17) is 0 Å². The maximum absolute atomic E-state index is 10.1. The molecule has 0 aliphatic heterocycles. The molecule has 0 saturated heterocycles. The number of hydrogen-bond acceptors (Lipinski definition) is 1. The van der Waals surface area contributed by atoms with E-state index in [-0.39, 0.29) is 5.60 Å². The molecule has 0 unspecified atom stereocenters. The van der Waals surface area contributed by atoms with Crippen molar-refractivity contribution in [2.45, 2.75) is 51.0 Å². The highest BCUT2D eigenvalue weighted by molar-refractivity contribution is 5.20. The molecule has 0 heterocycles. The van der Waals surface area contributed by atoms with Gasteiger partial charge in [-0.25, -0.2) is 0 Å². The van der Waals surface area contributed by atoms with Gasteiger partial charge >= 0.3 is 0 Å². The zero-order valence-corrected chi connectivity index (χ0v) is 7.19. The molecule has 0 aromatic carbocycles. The Bertz CT molecular complexity index is 215. The van der Waals surface area contributed by atoms with E-state index < -0.39 is 0 Å². The van der Waals surface area contributed by atoms with Crippen LogP contribution in [-0.2, 0) is 0 Å². The second kappa shape index (κ2) is 1.39. The topological polar surface area (TPSA) is 20.2 Å². The van der Waals surface area contributed by atoms with Crippen molar-refractivity contribution < 1.29 is 5.11 Å². The first-order chi connectivity index (χ1) is 5.08. The Morgan fingerprint density at radius 3 is 2.00 bits per heavy atom. The molecule has 2 bridgehead atoms. The average molecular weight is 152 g/mol. The predicted octanol–water partition coefficient (Wildman–Crippen LogP) is 2.09. The average Bonchev–Trinajstić information content (AvgIpc) is 2.52. The van der Waals surface area contributed by atoms with Crippen LogP contribution in [0, 0.1) is 10.8 Å². The molecule has 0 aromatic rings. The highest BCUT2D eigenvalue weighted by Crippen LogP contribution is 2.75. The summed E-state index contributed by atoms with van der Waals surface area (Å²) in [6.45, 7) is 2.39. The molecule has 62 valence electrons. The first kappa shape index (κ1) is 6.47. The molecule has 3 aliphatic rings.